The Bertz CT molecular complexity index is 286. The van der Waals surface area contributed by atoms with Crippen LogP contribution in [0.25, 0.3) is 0 Å². The molecule has 0 saturated heterocycles. The third-order valence-electron chi connectivity index (χ3n) is 2.32. The fraction of sp³-hybridized carbons (Fsp3) is 0.545. The van der Waals surface area contributed by atoms with E-state index < -0.39 is 0 Å². The highest BCUT2D eigenvalue weighted by Crippen LogP contribution is 2.06. The first kappa shape index (κ1) is 12.1. The standard InChI is InChI=1S/C11H18N2O2/c1-10-3-2-4-12-11(10)9-13(5-7-14)6-8-15/h2-4,14-15H,5-9H2,1H3. The summed E-state index contributed by atoms with van der Waals surface area (Å²) in [5, 5.41) is 17.7. The second-order valence-electron chi connectivity index (χ2n) is 3.49. The molecule has 0 amide bonds. The summed E-state index contributed by atoms with van der Waals surface area (Å²) >= 11 is 0. The molecule has 4 heteroatoms. The summed E-state index contributed by atoms with van der Waals surface area (Å²) in [6.07, 6.45) is 1.76. The van der Waals surface area contributed by atoms with Crippen LogP contribution in [0, 0.1) is 6.92 Å². The topological polar surface area (TPSA) is 56.6 Å². The van der Waals surface area contributed by atoms with Gasteiger partial charge in [0.05, 0.1) is 18.9 Å². The van der Waals surface area contributed by atoms with Gasteiger partial charge >= 0.3 is 0 Å². The lowest BCUT2D eigenvalue weighted by Gasteiger charge is -2.20. The van der Waals surface area contributed by atoms with Gasteiger partial charge in [0.2, 0.25) is 0 Å². The van der Waals surface area contributed by atoms with E-state index in [9.17, 15) is 0 Å². The first-order valence-electron chi connectivity index (χ1n) is 5.12. The molecule has 84 valence electrons. The summed E-state index contributed by atoms with van der Waals surface area (Å²) in [5.74, 6) is 0. The molecule has 0 aliphatic rings. The van der Waals surface area contributed by atoms with Gasteiger partial charge in [-0.2, -0.15) is 0 Å². The monoisotopic (exact) mass is 210 g/mol. The number of aliphatic hydroxyl groups excluding tert-OH is 2. The second-order valence-corrected chi connectivity index (χ2v) is 3.49. The van der Waals surface area contributed by atoms with Crippen LogP contribution in [0.5, 0.6) is 0 Å². The van der Waals surface area contributed by atoms with Gasteiger partial charge in [0.15, 0.2) is 0 Å². The Hall–Kier alpha value is -0.970. The Morgan fingerprint density at radius 1 is 1.27 bits per heavy atom. The van der Waals surface area contributed by atoms with Crippen molar-refractivity contribution in [3.8, 4) is 0 Å². The molecule has 0 spiro atoms. The number of aryl methyl sites for hydroxylation is 1. The van der Waals surface area contributed by atoms with Crippen molar-refractivity contribution in [2.45, 2.75) is 13.5 Å². The van der Waals surface area contributed by atoms with E-state index in [4.69, 9.17) is 10.2 Å². The molecule has 1 rings (SSSR count). The van der Waals surface area contributed by atoms with E-state index in [0.29, 0.717) is 19.6 Å². The molecule has 0 atom stereocenters. The van der Waals surface area contributed by atoms with Gasteiger partial charge in [-0.3, -0.25) is 9.88 Å². The van der Waals surface area contributed by atoms with Crippen molar-refractivity contribution in [3.63, 3.8) is 0 Å². The Morgan fingerprint density at radius 3 is 2.47 bits per heavy atom. The van der Waals surface area contributed by atoms with Crippen LogP contribution >= 0.6 is 0 Å². The van der Waals surface area contributed by atoms with E-state index in [1.54, 1.807) is 6.20 Å². The lowest BCUT2D eigenvalue weighted by Crippen LogP contribution is -2.30. The Morgan fingerprint density at radius 2 is 1.93 bits per heavy atom. The molecule has 2 N–H and O–H groups in total. The summed E-state index contributed by atoms with van der Waals surface area (Å²) in [7, 11) is 0. The molecular formula is C11H18N2O2. The molecule has 1 aromatic heterocycles. The number of hydrogen-bond donors (Lipinski definition) is 2. The molecule has 0 fully saturated rings. The molecule has 1 aromatic rings. The first-order chi connectivity index (χ1) is 7.27. The minimum absolute atomic E-state index is 0.103. The van der Waals surface area contributed by atoms with Gasteiger partial charge in [0.25, 0.3) is 0 Å². The molecule has 0 saturated carbocycles. The molecule has 0 unspecified atom stereocenters. The minimum atomic E-state index is 0.103. The zero-order chi connectivity index (χ0) is 11.1. The summed E-state index contributed by atoms with van der Waals surface area (Å²) in [6, 6.07) is 3.92. The van der Waals surface area contributed by atoms with Gasteiger partial charge in [-0.05, 0) is 18.6 Å². The van der Waals surface area contributed by atoms with Crippen molar-refractivity contribution < 1.29 is 10.2 Å². The zero-order valence-corrected chi connectivity index (χ0v) is 9.06. The van der Waals surface area contributed by atoms with Crippen LogP contribution < -0.4 is 0 Å². The third kappa shape index (κ3) is 3.95. The number of nitrogens with zero attached hydrogens (tertiary/aromatic N) is 2. The molecule has 1 heterocycles. The summed E-state index contributed by atoms with van der Waals surface area (Å²) in [4.78, 5) is 6.26. The van der Waals surface area contributed by atoms with E-state index >= 15 is 0 Å². The smallest absolute Gasteiger partial charge is 0.0573 e. The largest absolute Gasteiger partial charge is 0.395 e. The Kier molecular flexibility index (Phi) is 5.25. The van der Waals surface area contributed by atoms with E-state index in [0.717, 1.165) is 11.3 Å². The number of hydrogen-bond acceptors (Lipinski definition) is 4. The van der Waals surface area contributed by atoms with Crippen molar-refractivity contribution in [2.24, 2.45) is 0 Å². The number of rotatable bonds is 6. The molecule has 4 nitrogen and oxygen atoms in total. The Labute approximate surface area is 90.2 Å². The van der Waals surface area contributed by atoms with Crippen LogP contribution in [0.4, 0.5) is 0 Å². The van der Waals surface area contributed by atoms with Gasteiger partial charge in [0, 0.05) is 25.8 Å². The maximum atomic E-state index is 8.87. The van der Waals surface area contributed by atoms with Crippen LogP contribution in [0.2, 0.25) is 0 Å². The fourth-order valence-corrected chi connectivity index (χ4v) is 1.45. The van der Waals surface area contributed by atoms with E-state index in [2.05, 4.69) is 4.98 Å². The van der Waals surface area contributed by atoms with Gasteiger partial charge in [-0.15, -0.1) is 0 Å². The number of aliphatic hydroxyl groups is 2. The highest BCUT2D eigenvalue weighted by molar-refractivity contribution is 5.17. The van der Waals surface area contributed by atoms with Crippen LogP contribution in [-0.2, 0) is 6.54 Å². The fourth-order valence-electron chi connectivity index (χ4n) is 1.45. The molecule has 15 heavy (non-hydrogen) atoms. The van der Waals surface area contributed by atoms with Crippen LogP contribution in [0.15, 0.2) is 18.3 Å². The van der Waals surface area contributed by atoms with Crippen molar-refractivity contribution in [2.75, 3.05) is 26.3 Å². The van der Waals surface area contributed by atoms with E-state index in [1.165, 1.54) is 0 Å². The van der Waals surface area contributed by atoms with Crippen molar-refractivity contribution >= 4 is 0 Å². The van der Waals surface area contributed by atoms with Crippen LogP contribution in [0.3, 0.4) is 0 Å². The third-order valence-corrected chi connectivity index (χ3v) is 2.32. The number of aromatic nitrogens is 1. The number of pyridine rings is 1. The van der Waals surface area contributed by atoms with Crippen molar-refractivity contribution in [3.05, 3.63) is 29.6 Å². The highest BCUT2D eigenvalue weighted by atomic mass is 16.3. The van der Waals surface area contributed by atoms with Crippen LogP contribution in [0.1, 0.15) is 11.3 Å². The minimum Gasteiger partial charge on any atom is -0.395 e. The normalized spacial score (nSPS) is 10.9. The quantitative estimate of drug-likeness (QED) is 0.703. The average Bonchev–Trinajstić information content (AvgIpc) is 2.22. The molecule has 0 aromatic carbocycles. The van der Waals surface area contributed by atoms with Crippen molar-refractivity contribution in [1.29, 1.82) is 0 Å². The summed E-state index contributed by atoms with van der Waals surface area (Å²) in [5.41, 5.74) is 2.14. The summed E-state index contributed by atoms with van der Waals surface area (Å²) in [6.45, 7) is 4.02. The van der Waals surface area contributed by atoms with E-state index in [1.807, 2.05) is 24.0 Å². The molecule has 0 bridgehead atoms. The summed E-state index contributed by atoms with van der Waals surface area (Å²) < 4.78 is 0. The second kappa shape index (κ2) is 6.50. The maximum Gasteiger partial charge on any atom is 0.0573 e. The van der Waals surface area contributed by atoms with Gasteiger partial charge < -0.3 is 10.2 Å². The maximum absolute atomic E-state index is 8.87. The van der Waals surface area contributed by atoms with Gasteiger partial charge in [-0.1, -0.05) is 6.07 Å². The SMILES string of the molecule is Cc1cccnc1CN(CCO)CCO. The van der Waals surface area contributed by atoms with Gasteiger partial charge in [-0.25, -0.2) is 0 Å². The van der Waals surface area contributed by atoms with E-state index in [-0.39, 0.29) is 13.2 Å². The van der Waals surface area contributed by atoms with Gasteiger partial charge in [0.1, 0.15) is 0 Å². The lowest BCUT2D eigenvalue weighted by atomic mass is 10.2. The highest BCUT2D eigenvalue weighted by Gasteiger charge is 2.07. The van der Waals surface area contributed by atoms with Crippen molar-refractivity contribution in [1.82, 2.24) is 9.88 Å². The average molecular weight is 210 g/mol. The zero-order valence-electron chi connectivity index (χ0n) is 9.06. The predicted molar refractivity (Wildman–Crippen MR) is 58.4 cm³/mol. The van der Waals surface area contributed by atoms with Crippen LogP contribution in [-0.4, -0.2) is 46.4 Å². The molecular weight excluding hydrogens is 192 g/mol. The first-order valence-corrected chi connectivity index (χ1v) is 5.12. The Balaban J connectivity index is 2.60. The molecule has 0 aliphatic carbocycles. The lowest BCUT2D eigenvalue weighted by molar-refractivity contribution is 0.154. The molecule has 0 radical (unpaired) electrons. The molecule has 0 aliphatic heterocycles. The predicted octanol–water partition coefficient (Wildman–Crippen LogP) is 0.177.